The zero-order valence-corrected chi connectivity index (χ0v) is 12.5. The number of nitrogens with zero attached hydrogens (tertiary/aromatic N) is 2. The zero-order chi connectivity index (χ0) is 15.0. The van der Waals surface area contributed by atoms with Gasteiger partial charge in [-0.15, -0.1) is 0 Å². The summed E-state index contributed by atoms with van der Waals surface area (Å²) >= 11 is 0. The second kappa shape index (κ2) is 5.50. The summed E-state index contributed by atoms with van der Waals surface area (Å²) in [5.41, 5.74) is 2.63. The molecule has 0 radical (unpaired) electrons. The number of ether oxygens (including phenoxy) is 1. The van der Waals surface area contributed by atoms with E-state index in [0.29, 0.717) is 24.6 Å². The molecule has 2 atom stereocenters. The molecule has 2 aliphatic rings. The van der Waals surface area contributed by atoms with Crippen LogP contribution in [-0.4, -0.2) is 34.3 Å². The lowest BCUT2D eigenvalue weighted by Gasteiger charge is -2.15. The van der Waals surface area contributed by atoms with Gasteiger partial charge in [-0.25, -0.2) is 4.79 Å². The van der Waals surface area contributed by atoms with Crippen LogP contribution in [0.2, 0.25) is 0 Å². The minimum atomic E-state index is -0.329. The van der Waals surface area contributed by atoms with Crippen LogP contribution >= 0.6 is 0 Å². The van der Waals surface area contributed by atoms with Crippen molar-refractivity contribution in [2.24, 2.45) is 13.0 Å². The Kier molecular flexibility index (Phi) is 3.69. The Morgan fingerprint density at radius 1 is 1.48 bits per heavy atom. The Bertz CT molecular complexity index is 579. The van der Waals surface area contributed by atoms with Crippen LogP contribution in [0.15, 0.2) is 0 Å². The second-order valence-corrected chi connectivity index (χ2v) is 5.93. The Balaban J connectivity index is 1.70. The Morgan fingerprint density at radius 3 is 2.95 bits per heavy atom. The van der Waals surface area contributed by atoms with Gasteiger partial charge < -0.3 is 10.1 Å². The van der Waals surface area contributed by atoms with Gasteiger partial charge in [-0.1, -0.05) is 0 Å². The van der Waals surface area contributed by atoms with Gasteiger partial charge in [0.2, 0.25) is 5.91 Å². The molecule has 1 aliphatic heterocycles. The molecule has 0 bridgehead atoms. The molecule has 2 heterocycles. The topological polar surface area (TPSA) is 73.2 Å². The highest BCUT2D eigenvalue weighted by molar-refractivity contribution is 5.89. The summed E-state index contributed by atoms with van der Waals surface area (Å²) in [5.74, 6) is 0.300. The van der Waals surface area contributed by atoms with Crippen molar-refractivity contribution in [3.05, 3.63) is 17.0 Å². The van der Waals surface area contributed by atoms with Crippen LogP contribution in [-0.2, 0) is 29.4 Å². The first-order chi connectivity index (χ1) is 10.1. The molecule has 1 aromatic rings. The van der Waals surface area contributed by atoms with Crippen molar-refractivity contribution in [2.45, 2.75) is 45.1 Å². The molecule has 1 aromatic heterocycles. The first kappa shape index (κ1) is 14.1. The molecule has 1 aliphatic carbocycles. The van der Waals surface area contributed by atoms with Crippen molar-refractivity contribution in [3.8, 4) is 0 Å². The maximum atomic E-state index is 12.0. The van der Waals surface area contributed by atoms with Crippen molar-refractivity contribution >= 4 is 11.9 Å². The molecule has 1 fully saturated rings. The van der Waals surface area contributed by atoms with E-state index in [4.69, 9.17) is 4.74 Å². The van der Waals surface area contributed by atoms with Crippen LogP contribution in [0, 0.1) is 5.92 Å². The molecule has 3 rings (SSSR count). The fraction of sp³-hybridized carbons (Fsp3) is 0.667. The molecule has 1 unspecified atom stereocenters. The molecule has 21 heavy (non-hydrogen) atoms. The molecule has 114 valence electrons. The van der Waals surface area contributed by atoms with Crippen LogP contribution in [0.1, 0.15) is 47.9 Å². The average Bonchev–Trinajstić information content (AvgIpc) is 3.09. The summed E-state index contributed by atoms with van der Waals surface area (Å²) in [4.78, 5) is 23.2. The van der Waals surface area contributed by atoms with Gasteiger partial charge in [0.05, 0.1) is 6.61 Å². The number of aryl methyl sites for hydroxylation is 1. The van der Waals surface area contributed by atoms with E-state index in [1.165, 1.54) is 0 Å². The normalized spacial score (nSPS) is 24.0. The predicted molar refractivity (Wildman–Crippen MR) is 75.8 cm³/mol. The number of hydrogen-bond donors (Lipinski definition) is 1. The largest absolute Gasteiger partial charge is 0.461 e. The van der Waals surface area contributed by atoms with Gasteiger partial charge in [-0.3, -0.25) is 9.48 Å². The monoisotopic (exact) mass is 291 g/mol. The number of amides is 1. The van der Waals surface area contributed by atoms with Gasteiger partial charge >= 0.3 is 5.97 Å². The summed E-state index contributed by atoms with van der Waals surface area (Å²) in [6.45, 7) is 2.16. The number of rotatable bonds is 4. The minimum Gasteiger partial charge on any atom is -0.461 e. The van der Waals surface area contributed by atoms with Gasteiger partial charge in [-0.05, 0) is 38.5 Å². The molecule has 1 amide bonds. The zero-order valence-electron chi connectivity index (χ0n) is 12.5. The van der Waals surface area contributed by atoms with Gasteiger partial charge in [-0.2, -0.15) is 5.10 Å². The molecular formula is C15H21N3O3. The van der Waals surface area contributed by atoms with Gasteiger partial charge in [0, 0.05) is 30.8 Å². The molecule has 0 spiro atoms. The van der Waals surface area contributed by atoms with E-state index in [9.17, 15) is 9.59 Å². The highest BCUT2D eigenvalue weighted by Gasteiger charge is 2.34. The van der Waals surface area contributed by atoms with E-state index in [0.717, 1.165) is 36.9 Å². The number of fused-ring (bicyclic) bond motifs is 1. The average molecular weight is 291 g/mol. The van der Waals surface area contributed by atoms with E-state index < -0.39 is 0 Å². The van der Waals surface area contributed by atoms with E-state index in [1.54, 1.807) is 11.6 Å². The Morgan fingerprint density at radius 2 is 2.29 bits per heavy atom. The maximum Gasteiger partial charge on any atom is 0.359 e. The van der Waals surface area contributed by atoms with Crippen molar-refractivity contribution in [3.63, 3.8) is 0 Å². The number of aromatic nitrogens is 2. The summed E-state index contributed by atoms with van der Waals surface area (Å²) in [5, 5.41) is 7.32. The number of nitrogens with one attached hydrogen (secondary N) is 1. The number of carbonyl (C=O) groups is 2. The standard InChI is InChI=1S/C15H21N3O3/c1-3-21-15(20)14-11-7-9(8-12(11)18(2)17-14)6-10-4-5-13(19)16-10/h9-10H,3-8H2,1-2H3,(H,16,19)/t9?,10-/m0/s1. The van der Waals surface area contributed by atoms with Crippen molar-refractivity contribution in [2.75, 3.05) is 6.61 Å². The maximum absolute atomic E-state index is 12.0. The summed E-state index contributed by atoms with van der Waals surface area (Å²) < 4.78 is 6.88. The van der Waals surface area contributed by atoms with E-state index in [2.05, 4.69) is 10.4 Å². The smallest absolute Gasteiger partial charge is 0.359 e. The van der Waals surface area contributed by atoms with Gasteiger partial charge in [0.1, 0.15) is 0 Å². The fourth-order valence-corrected chi connectivity index (χ4v) is 3.49. The number of esters is 1. The van der Waals surface area contributed by atoms with Crippen LogP contribution < -0.4 is 5.32 Å². The highest BCUT2D eigenvalue weighted by atomic mass is 16.5. The fourth-order valence-electron chi connectivity index (χ4n) is 3.49. The van der Waals surface area contributed by atoms with E-state index >= 15 is 0 Å². The van der Waals surface area contributed by atoms with Crippen molar-refractivity contribution in [1.29, 1.82) is 0 Å². The van der Waals surface area contributed by atoms with Gasteiger partial charge in [0.25, 0.3) is 0 Å². The van der Waals surface area contributed by atoms with E-state index in [-0.39, 0.29) is 17.9 Å². The van der Waals surface area contributed by atoms with Crippen LogP contribution in [0.4, 0.5) is 0 Å². The highest BCUT2D eigenvalue weighted by Crippen LogP contribution is 2.33. The Hall–Kier alpha value is -1.85. The molecule has 1 saturated heterocycles. The quantitative estimate of drug-likeness (QED) is 0.839. The lowest BCUT2D eigenvalue weighted by Crippen LogP contribution is -2.28. The molecule has 0 saturated carbocycles. The Labute approximate surface area is 123 Å². The first-order valence-electron chi connectivity index (χ1n) is 7.59. The third-order valence-electron chi connectivity index (χ3n) is 4.42. The molecular weight excluding hydrogens is 270 g/mol. The third kappa shape index (κ3) is 2.66. The lowest BCUT2D eigenvalue weighted by molar-refractivity contribution is -0.119. The van der Waals surface area contributed by atoms with Crippen molar-refractivity contribution in [1.82, 2.24) is 15.1 Å². The molecule has 0 aromatic carbocycles. The summed E-state index contributed by atoms with van der Waals surface area (Å²) in [7, 11) is 1.88. The van der Waals surface area contributed by atoms with Gasteiger partial charge in [0.15, 0.2) is 5.69 Å². The van der Waals surface area contributed by atoms with Crippen molar-refractivity contribution < 1.29 is 14.3 Å². The predicted octanol–water partition coefficient (Wildman–Crippen LogP) is 0.980. The van der Waals surface area contributed by atoms with E-state index in [1.807, 2.05) is 7.05 Å². The minimum absolute atomic E-state index is 0.157. The van der Waals surface area contributed by atoms with Crippen LogP contribution in [0.25, 0.3) is 0 Å². The third-order valence-corrected chi connectivity index (χ3v) is 4.42. The summed E-state index contributed by atoms with van der Waals surface area (Å²) in [6.07, 6.45) is 4.31. The van der Waals surface area contributed by atoms with Crippen LogP contribution in [0.5, 0.6) is 0 Å². The SMILES string of the molecule is CCOC(=O)c1nn(C)c2c1CC(C[C@@H]1CCC(=O)N1)C2. The second-order valence-electron chi connectivity index (χ2n) is 5.93. The lowest BCUT2D eigenvalue weighted by atomic mass is 9.96. The van der Waals surface area contributed by atoms with Crippen LogP contribution in [0.3, 0.4) is 0 Å². The number of hydrogen-bond acceptors (Lipinski definition) is 4. The molecule has 1 N–H and O–H groups in total. The number of carbonyl (C=O) groups excluding carboxylic acids is 2. The molecule has 6 heteroatoms. The first-order valence-corrected chi connectivity index (χ1v) is 7.59. The summed E-state index contributed by atoms with van der Waals surface area (Å²) in [6, 6.07) is 0.288. The molecule has 6 nitrogen and oxygen atoms in total.